The van der Waals surface area contributed by atoms with Gasteiger partial charge in [-0.3, -0.25) is 0 Å². The van der Waals surface area contributed by atoms with Crippen molar-refractivity contribution in [3.8, 4) is 17.5 Å². The minimum atomic E-state index is 0.855. The first kappa shape index (κ1) is 16.8. The zero-order valence-corrected chi connectivity index (χ0v) is 16.1. The lowest BCUT2D eigenvalue weighted by molar-refractivity contribution is 1.19. The van der Waals surface area contributed by atoms with Crippen molar-refractivity contribution in [3.63, 3.8) is 0 Å². The van der Waals surface area contributed by atoms with E-state index in [1.165, 1.54) is 33.5 Å². The highest BCUT2D eigenvalue weighted by Gasteiger charge is 2.17. The Hall–Kier alpha value is -3.16. The molecule has 0 aliphatic heterocycles. The smallest absolute Gasteiger partial charge is 0.130 e. The fourth-order valence-corrected chi connectivity index (χ4v) is 4.48. The molecule has 1 fully saturated rings. The van der Waals surface area contributed by atoms with Crippen LogP contribution in [0.3, 0.4) is 0 Å². The standard InChI is InChI=1S/C25H14N3S/c1-2-8-17(7-1)13-14-18-15-16-23(25-24(18)26-29-27-25)28-21-11-5-3-9-19(21)20-10-4-6-12-22(20)28/h1-12,15-16H. The van der Waals surface area contributed by atoms with Crippen LogP contribution in [0.1, 0.15) is 5.56 Å². The van der Waals surface area contributed by atoms with Crippen molar-refractivity contribution in [1.82, 2.24) is 13.3 Å². The van der Waals surface area contributed by atoms with Crippen LogP contribution in [-0.4, -0.2) is 13.3 Å². The Morgan fingerprint density at radius 2 is 1.34 bits per heavy atom. The van der Waals surface area contributed by atoms with Crippen molar-refractivity contribution in [1.29, 1.82) is 0 Å². The lowest BCUT2D eigenvalue weighted by atomic mass is 10.1. The molecule has 0 bridgehead atoms. The number of rotatable bonds is 1. The van der Waals surface area contributed by atoms with E-state index < -0.39 is 0 Å². The Kier molecular flexibility index (Phi) is 3.88. The van der Waals surface area contributed by atoms with Gasteiger partial charge in [0.25, 0.3) is 0 Å². The summed E-state index contributed by atoms with van der Waals surface area (Å²) in [6, 6.07) is 21.1. The molecule has 5 radical (unpaired) electrons. The molecular formula is C25H14N3S. The van der Waals surface area contributed by atoms with Crippen LogP contribution >= 0.6 is 11.7 Å². The summed E-state index contributed by atoms with van der Waals surface area (Å²) in [5, 5.41) is 2.47. The third kappa shape index (κ3) is 2.66. The number of hydrogen-bond acceptors (Lipinski definition) is 3. The molecule has 0 N–H and O–H groups in total. The molecule has 0 amide bonds. The molecule has 1 saturated carbocycles. The van der Waals surface area contributed by atoms with Gasteiger partial charge in [-0.15, -0.1) is 0 Å². The number of benzene rings is 3. The van der Waals surface area contributed by atoms with Crippen LogP contribution in [0.2, 0.25) is 0 Å². The molecule has 6 rings (SSSR count). The van der Waals surface area contributed by atoms with Crippen LogP contribution in [0.4, 0.5) is 0 Å². The molecule has 4 heteroatoms. The van der Waals surface area contributed by atoms with Gasteiger partial charge in [0.15, 0.2) is 0 Å². The minimum Gasteiger partial charge on any atom is -0.307 e. The van der Waals surface area contributed by atoms with Crippen LogP contribution in [-0.2, 0) is 0 Å². The van der Waals surface area contributed by atoms with E-state index in [4.69, 9.17) is 0 Å². The molecule has 3 nitrogen and oxygen atoms in total. The molecule has 0 spiro atoms. The molecule has 2 aromatic heterocycles. The van der Waals surface area contributed by atoms with Gasteiger partial charge in [0.2, 0.25) is 0 Å². The minimum absolute atomic E-state index is 0.855. The number of nitrogens with zero attached hydrogens (tertiary/aromatic N) is 3. The maximum atomic E-state index is 4.64. The zero-order chi connectivity index (χ0) is 19.2. The summed E-state index contributed by atoms with van der Waals surface area (Å²) in [6.45, 7) is 0. The summed E-state index contributed by atoms with van der Waals surface area (Å²) in [7, 11) is 0. The van der Waals surface area contributed by atoms with Gasteiger partial charge >= 0.3 is 0 Å². The second-order valence-electron chi connectivity index (χ2n) is 6.89. The quantitative estimate of drug-likeness (QED) is 0.353. The average Bonchev–Trinajstić information content (AvgIpc) is 3.51. The average molecular weight is 388 g/mol. The Bertz CT molecular complexity index is 1370. The molecule has 0 atom stereocenters. The van der Waals surface area contributed by atoms with Crippen molar-refractivity contribution in [3.05, 3.63) is 97.8 Å². The topological polar surface area (TPSA) is 30.7 Å². The van der Waals surface area contributed by atoms with Gasteiger partial charge in [-0.2, -0.15) is 8.75 Å². The van der Waals surface area contributed by atoms with Gasteiger partial charge in [-0.25, -0.2) is 0 Å². The van der Waals surface area contributed by atoms with Gasteiger partial charge in [-0.1, -0.05) is 48.2 Å². The second-order valence-corrected chi connectivity index (χ2v) is 7.42. The fourth-order valence-electron chi connectivity index (χ4n) is 3.91. The Labute approximate surface area is 173 Å². The summed E-state index contributed by atoms with van der Waals surface area (Å²) in [4.78, 5) is 0. The highest BCUT2D eigenvalue weighted by molar-refractivity contribution is 7.00. The van der Waals surface area contributed by atoms with E-state index in [2.05, 4.69) is 85.8 Å². The van der Waals surface area contributed by atoms with Crippen LogP contribution < -0.4 is 0 Å². The molecule has 1 aliphatic rings. The maximum Gasteiger partial charge on any atom is 0.130 e. The largest absolute Gasteiger partial charge is 0.307 e. The van der Waals surface area contributed by atoms with Gasteiger partial charge in [-0.05, 0) is 49.9 Å². The second kappa shape index (κ2) is 6.72. The number of aromatic nitrogens is 3. The van der Waals surface area contributed by atoms with Crippen molar-refractivity contribution in [2.75, 3.05) is 0 Å². The van der Waals surface area contributed by atoms with Crippen molar-refractivity contribution >= 4 is 44.6 Å². The lowest BCUT2D eigenvalue weighted by Crippen LogP contribution is -1.96. The normalized spacial score (nSPS) is 14.6. The van der Waals surface area contributed by atoms with Crippen molar-refractivity contribution < 1.29 is 0 Å². The van der Waals surface area contributed by atoms with Crippen LogP contribution in [0, 0.1) is 43.4 Å². The SMILES string of the molecule is C(#Cc1ccc(-n2c3ccccc3c3ccccc32)c2nsnc12)[C]1[CH][CH][CH][CH]1. The molecule has 2 heterocycles. The predicted molar refractivity (Wildman–Crippen MR) is 119 cm³/mol. The molecule has 135 valence electrons. The number of para-hydroxylation sites is 2. The van der Waals surface area contributed by atoms with E-state index in [9.17, 15) is 0 Å². The fraction of sp³-hybridized carbons (Fsp3) is 0. The van der Waals surface area contributed by atoms with E-state index in [-0.39, 0.29) is 0 Å². The van der Waals surface area contributed by atoms with E-state index in [0.717, 1.165) is 28.2 Å². The highest BCUT2D eigenvalue weighted by Crippen LogP contribution is 2.34. The van der Waals surface area contributed by atoms with Gasteiger partial charge in [0.05, 0.1) is 39.9 Å². The Morgan fingerprint density at radius 3 is 2.07 bits per heavy atom. The van der Waals surface area contributed by atoms with E-state index in [1.807, 2.05) is 25.7 Å². The third-order valence-electron chi connectivity index (χ3n) is 5.22. The van der Waals surface area contributed by atoms with Crippen LogP contribution in [0.25, 0.3) is 38.5 Å². The van der Waals surface area contributed by atoms with E-state index in [1.54, 1.807) is 0 Å². The molecule has 0 unspecified atom stereocenters. The third-order valence-corrected chi connectivity index (χ3v) is 5.75. The summed E-state index contributed by atoms with van der Waals surface area (Å²) >= 11 is 1.23. The summed E-state index contributed by atoms with van der Waals surface area (Å²) in [5.41, 5.74) is 6.01. The Balaban J connectivity index is 1.60. The number of hydrogen-bond donors (Lipinski definition) is 0. The zero-order valence-electron chi connectivity index (χ0n) is 15.3. The first-order valence-corrected chi connectivity index (χ1v) is 10.1. The summed E-state index contributed by atoms with van der Waals surface area (Å²) < 4.78 is 11.5. The summed E-state index contributed by atoms with van der Waals surface area (Å²) in [6.07, 6.45) is 8.01. The molecule has 1 aliphatic carbocycles. The van der Waals surface area contributed by atoms with E-state index >= 15 is 0 Å². The van der Waals surface area contributed by atoms with Gasteiger partial charge in [0.1, 0.15) is 11.0 Å². The molecule has 29 heavy (non-hydrogen) atoms. The molecular weight excluding hydrogens is 374 g/mol. The number of fused-ring (bicyclic) bond motifs is 4. The van der Waals surface area contributed by atoms with Crippen LogP contribution in [0.15, 0.2) is 60.7 Å². The van der Waals surface area contributed by atoms with Crippen LogP contribution in [0.5, 0.6) is 0 Å². The first-order chi connectivity index (χ1) is 14.4. The van der Waals surface area contributed by atoms with Gasteiger partial charge in [0, 0.05) is 10.8 Å². The lowest BCUT2D eigenvalue weighted by Gasteiger charge is -2.09. The van der Waals surface area contributed by atoms with E-state index in [0.29, 0.717) is 0 Å². The van der Waals surface area contributed by atoms with Crippen molar-refractivity contribution in [2.24, 2.45) is 0 Å². The maximum absolute atomic E-state index is 4.64. The predicted octanol–water partition coefficient (Wildman–Crippen LogP) is 5.55. The molecule has 3 aromatic carbocycles. The van der Waals surface area contributed by atoms with Gasteiger partial charge < -0.3 is 4.57 Å². The van der Waals surface area contributed by atoms with Crippen molar-refractivity contribution in [2.45, 2.75) is 0 Å². The Morgan fingerprint density at radius 1 is 0.690 bits per heavy atom. The molecule has 5 aromatic rings. The summed E-state index contributed by atoms with van der Waals surface area (Å²) in [5.74, 6) is 7.49. The first-order valence-electron chi connectivity index (χ1n) is 9.38. The monoisotopic (exact) mass is 388 g/mol. The molecule has 0 saturated heterocycles. The highest BCUT2D eigenvalue weighted by atomic mass is 32.1.